The first-order chi connectivity index (χ1) is 17.2. The molecule has 2 atom stereocenters. The van der Waals surface area contributed by atoms with Crippen LogP contribution in [0.4, 0.5) is 18.9 Å². The summed E-state index contributed by atoms with van der Waals surface area (Å²) in [6.45, 7) is 0. The minimum absolute atomic E-state index is 0.0587. The highest BCUT2D eigenvalue weighted by Gasteiger charge is 2.50. The van der Waals surface area contributed by atoms with Crippen molar-refractivity contribution in [2.45, 2.75) is 12.2 Å². The number of benzene rings is 3. The molecule has 0 saturated heterocycles. The molecule has 186 valence electrons. The minimum atomic E-state index is -5.22. The number of thiophene rings is 1. The topological polar surface area (TPSA) is 64.6 Å². The molecule has 0 aliphatic rings. The van der Waals surface area contributed by atoms with Crippen molar-refractivity contribution in [2.75, 3.05) is 19.5 Å². The number of rotatable bonds is 9. The number of alkyl halides is 3. The minimum Gasteiger partial charge on any atom is -0.493 e. The lowest BCUT2D eigenvalue weighted by Gasteiger charge is -2.28. The van der Waals surface area contributed by atoms with Crippen LogP contribution in [0.2, 0.25) is 0 Å². The highest BCUT2D eigenvalue weighted by atomic mass is 32.1. The number of carbonyl (C=O) groups is 2. The van der Waals surface area contributed by atoms with E-state index in [1.165, 1.54) is 38.5 Å². The monoisotopic (exact) mass is 513 g/mol. The van der Waals surface area contributed by atoms with Gasteiger partial charge in [0.2, 0.25) is 5.78 Å². The zero-order valence-electron chi connectivity index (χ0n) is 19.3. The number of anilines is 1. The van der Waals surface area contributed by atoms with Crippen molar-refractivity contribution >= 4 is 39.4 Å². The summed E-state index contributed by atoms with van der Waals surface area (Å²) in [5.74, 6) is -4.52. The average molecular weight is 514 g/mol. The fraction of sp³-hybridized carbons (Fsp3) is 0.185. The van der Waals surface area contributed by atoms with Crippen LogP contribution in [0.1, 0.15) is 21.3 Å². The van der Waals surface area contributed by atoms with Crippen LogP contribution in [0.15, 0.2) is 78.2 Å². The zero-order valence-corrected chi connectivity index (χ0v) is 20.2. The second-order valence-corrected chi connectivity index (χ2v) is 8.93. The van der Waals surface area contributed by atoms with E-state index in [0.717, 1.165) is 22.1 Å². The molecule has 0 spiro atoms. The number of hydrogen-bond acceptors (Lipinski definition) is 6. The first-order valence-electron chi connectivity index (χ1n) is 10.9. The van der Waals surface area contributed by atoms with Crippen molar-refractivity contribution in [1.29, 1.82) is 0 Å². The van der Waals surface area contributed by atoms with E-state index in [4.69, 9.17) is 9.47 Å². The van der Waals surface area contributed by atoms with Gasteiger partial charge in [-0.1, -0.05) is 42.5 Å². The first-order valence-corrected chi connectivity index (χ1v) is 11.8. The average Bonchev–Trinajstić information content (AvgIpc) is 3.42. The van der Waals surface area contributed by atoms with Crippen LogP contribution in [-0.2, 0) is 4.79 Å². The highest BCUT2D eigenvalue weighted by Crippen LogP contribution is 2.39. The quantitative estimate of drug-likeness (QED) is 0.199. The Morgan fingerprint density at radius 3 is 2.22 bits per heavy atom. The molecule has 0 radical (unpaired) electrons. The molecule has 3 aromatic carbocycles. The predicted molar refractivity (Wildman–Crippen MR) is 133 cm³/mol. The van der Waals surface area contributed by atoms with Crippen molar-refractivity contribution in [3.8, 4) is 11.5 Å². The summed E-state index contributed by atoms with van der Waals surface area (Å²) in [6.07, 6.45) is -5.22. The molecular weight excluding hydrogens is 491 g/mol. The van der Waals surface area contributed by atoms with Gasteiger partial charge >= 0.3 is 6.18 Å². The van der Waals surface area contributed by atoms with Crippen LogP contribution in [0.3, 0.4) is 0 Å². The summed E-state index contributed by atoms with van der Waals surface area (Å²) in [6, 6.07) is 18.9. The van der Waals surface area contributed by atoms with Gasteiger partial charge in [0, 0.05) is 5.69 Å². The van der Waals surface area contributed by atoms with Crippen molar-refractivity contribution in [3.63, 3.8) is 0 Å². The molecule has 1 N–H and O–H groups in total. The van der Waals surface area contributed by atoms with E-state index in [-0.39, 0.29) is 16.2 Å². The van der Waals surface area contributed by atoms with E-state index in [2.05, 4.69) is 5.32 Å². The molecule has 36 heavy (non-hydrogen) atoms. The number of hydrogen-bond donors (Lipinski definition) is 1. The van der Waals surface area contributed by atoms with E-state index >= 15 is 0 Å². The van der Waals surface area contributed by atoms with Crippen molar-refractivity contribution in [2.24, 2.45) is 5.92 Å². The Hall–Kier alpha value is -3.85. The van der Waals surface area contributed by atoms with Gasteiger partial charge in [-0.05, 0) is 52.0 Å². The number of nitrogens with one attached hydrogen (secondary N) is 1. The van der Waals surface area contributed by atoms with Gasteiger partial charge in [0.1, 0.15) is 5.92 Å². The van der Waals surface area contributed by atoms with Gasteiger partial charge in [-0.2, -0.15) is 13.2 Å². The van der Waals surface area contributed by atoms with Gasteiger partial charge in [0.25, 0.3) is 0 Å². The number of ketones is 2. The maximum absolute atomic E-state index is 13.8. The number of methoxy groups -OCH3 is 2. The maximum atomic E-state index is 13.8. The molecule has 0 unspecified atom stereocenters. The fourth-order valence-electron chi connectivity index (χ4n) is 4.03. The Kier molecular flexibility index (Phi) is 7.30. The highest BCUT2D eigenvalue weighted by molar-refractivity contribution is 7.12. The summed E-state index contributed by atoms with van der Waals surface area (Å²) < 4.78 is 52.0. The molecule has 4 rings (SSSR count). The van der Waals surface area contributed by atoms with E-state index in [1.54, 1.807) is 23.6 Å². The summed E-state index contributed by atoms with van der Waals surface area (Å²) in [5.41, 5.74) is 0.709. The summed E-state index contributed by atoms with van der Waals surface area (Å²) in [5, 5.41) is 6.39. The number of carbonyl (C=O) groups excluding carboxylic acids is 2. The van der Waals surface area contributed by atoms with E-state index in [1.807, 2.05) is 30.3 Å². The van der Waals surface area contributed by atoms with Crippen LogP contribution in [-0.4, -0.2) is 32.0 Å². The summed E-state index contributed by atoms with van der Waals surface area (Å²) >= 11 is 0.980. The molecule has 4 aromatic rings. The Morgan fingerprint density at radius 1 is 0.861 bits per heavy atom. The Bertz CT molecular complexity index is 1390. The molecule has 1 heterocycles. The maximum Gasteiger partial charge on any atom is 0.450 e. The largest absolute Gasteiger partial charge is 0.493 e. The Morgan fingerprint density at radius 2 is 1.58 bits per heavy atom. The number of fused-ring (bicyclic) bond motifs is 1. The molecule has 0 fully saturated rings. The van der Waals surface area contributed by atoms with Crippen LogP contribution >= 0.6 is 11.3 Å². The second kappa shape index (κ2) is 10.4. The Labute approximate surface area is 209 Å². The molecular formula is C27H22F3NO4S. The zero-order chi connectivity index (χ0) is 25.9. The second-order valence-electron chi connectivity index (χ2n) is 7.98. The molecule has 0 aliphatic carbocycles. The van der Waals surface area contributed by atoms with Crippen molar-refractivity contribution in [1.82, 2.24) is 0 Å². The third kappa shape index (κ3) is 5.21. The standard InChI is InChI=1S/C27H22F3NO4S/c1-34-20-12-10-18(15-21(20)35-2)24(31-19-11-9-16-6-3-4-7-17(16)14-19)23(26(33)27(28,29)30)25(32)22-8-5-13-36-22/h3-15,23-24,31H,1-2H3/t23-,24-/m1/s1. The molecule has 9 heteroatoms. The summed E-state index contributed by atoms with van der Waals surface area (Å²) in [4.78, 5) is 26.2. The lowest BCUT2D eigenvalue weighted by molar-refractivity contribution is -0.174. The van der Waals surface area contributed by atoms with Crippen molar-refractivity contribution < 1.29 is 32.2 Å². The normalized spacial score (nSPS) is 13.1. The molecule has 1 aromatic heterocycles. The van der Waals surface area contributed by atoms with Gasteiger partial charge in [-0.25, -0.2) is 0 Å². The lowest BCUT2D eigenvalue weighted by Crippen LogP contribution is -2.41. The molecule has 0 bridgehead atoms. The summed E-state index contributed by atoms with van der Waals surface area (Å²) in [7, 11) is 2.82. The van der Waals surface area contributed by atoms with Gasteiger partial charge in [0.15, 0.2) is 17.3 Å². The van der Waals surface area contributed by atoms with Gasteiger partial charge in [-0.15, -0.1) is 11.3 Å². The molecule has 0 aliphatic heterocycles. The first kappa shape index (κ1) is 25.2. The van der Waals surface area contributed by atoms with Gasteiger partial charge in [-0.3, -0.25) is 9.59 Å². The number of halogens is 3. The van der Waals surface area contributed by atoms with E-state index in [0.29, 0.717) is 11.4 Å². The smallest absolute Gasteiger partial charge is 0.450 e. The Balaban J connectivity index is 1.87. The number of ether oxygens (including phenoxy) is 2. The SMILES string of the molecule is COc1ccc([C@@H](Nc2ccc3ccccc3c2)[C@H](C(=O)c2cccs2)C(=O)C(F)(F)F)cc1OC. The van der Waals surface area contributed by atoms with Gasteiger partial charge in [0.05, 0.1) is 25.1 Å². The molecule has 0 amide bonds. The van der Waals surface area contributed by atoms with Crippen LogP contribution < -0.4 is 14.8 Å². The predicted octanol–water partition coefficient (Wildman–Crippen LogP) is 6.70. The fourth-order valence-corrected chi connectivity index (χ4v) is 4.74. The lowest BCUT2D eigenvalue weighted by atomic mass is 9.84. The third-order valence-corrected chi connectivity index (χ3v) is 6.66. The van der Waals surface area contributed by atoms with Crippen LogP contribution in [0.25, 0.3) is 10.8 Å². The van der Waals surface area contributed by atoms with Crippen LogP contribution in [0.5, 0.6) is 11.5 Å². The third-order valence-electron chi connectivity index (χ3n) is 5.78. The van der Waals surface area contributed by atoms with Crippen LogP contribution in [0, 0.1) is 5.92 Å². The van der Waals surface area contributed by atoms with Gasteiger partial charge < -0.3 is 14.8 Å². The van der Waals surface area contributed by atoms with Crippen molar-refractivity contribution in [3.05, 3.63) is 88.6 Å². The molecule has 5 nitrogen and oxygen atoms in total. The van der Waals surface area contributed by atoms with E-state index in [9.17, 15) is 22.8 Å². The molecule has 0 saturated carbocycles. The number of Topliss-reactive ketones (excluding diaryl/α,β-unsaturated/α-hetero) is 2. The van der Waals surface area contributed by atoms with E-state index < -0.39 is 29.7 Å².